The third-order valence-corrected chi connectivity index (χ3v) is 5.23. The molecule has 1 saturated heterocycles. The fraction of sp³-hybridized carbons (Fsp3) is 0.350. The Morgan fingerprint density at radius 2 is 1.96 bits per heavy atom. The van der Waals surface area contributed by atoms with Crippen LogP contribution in [-0.2, 0) is 0 Å². The lowest BCUT2D eigenvalue weighted by molar-refractivity contribution is 0.0976. The first-order valence-electron chi connectivity index (χ1n) is 8.52. The number of carbonyl (C=O) groups excluding carboxylic acids is 1. The number of likely N-dealkylation sites (N-methyl/N-ethyl adjacent to an activating group) is 1. The lowest BCUT2D eigenvalue weighted by Crippen LogP contribution is -2.40. The summed E-state index contributed by atoms with van der Waals surface area (Å²) in [5.41, 5.74) is 2.53. The van der Waals surface area contributed by atoms with Gasteiger partial charge in [0.25, 0.3) is 5.91 Å². The largest absolute Gasteiger partial charge is 0.306 e. The zero-order valence-corrected chi connectivity index (χ0v) is 13.8. The number of hydrogen-bond donors (Lipinski definition) is 0. The minimum absolute atomic E-state index is 0.0144. The maximum atomic E-state index is 13.9. The van der Waals surface area contributed by atoms with Gasteiger partial charge >= 0.3 is 0 Å². The molecule has 2 aliphatic heterocycles. The van der Waals surface area contributed by atoms with Gasteiger partial charge in [0.05, 0.1) is 0 Å². The number of hydrogen-bond acceptors (Lipinski definition) is 2. The maximum Gasteiger partial charge on any atom is 0.258 e. The molecular formula is C20H21FN2O. The molecule has 0 radical (unpaired) electrons. The number of likely N-dealkylation sites (tertiary alicyclic amines) is 1. The zero-order valence-electron chi connectivity index (χ0n) is 13.8. The Morgan fingerprint density at radius 3 is 2.75 bits per heavy atom. The number of nitrogens with zero attached hydrogens (tertiary/aromatic N) is 2. The van der Waals surface area contributed by atoms with Gasteiger partial charge in [-0.15, -0.1) is 0 Å². The zero-order chi connectivity index (χ0) is 16.7. The van der Waals surface area contributed by atoms with Gasteiger partial charge in [-0.2, -0.15) is 0 Å². The Bertz CT molecular complexity index is 761. The van der Waals surface area contributed by atoms with Crippen LogP contribution in [0.4, 0.5) is 10.1 Å². The molecule has 0 aliphatic carbocycles. The van der Waals surface area contributed by atoms with Crippen LogP contribution in [0.1, 0.15) is 34.7 Å². The van der Waals surface area contributed by atoms with Gasteiger partial charge in [0.15, 0.2) is 0 Å². The summed E-state index contributed by atoms with van der Waals surface area (Å²) in [6.45, 7) is 1.88. The van der Waals surface area contributed by atoms with E-state index in [-0.39, 0.29) is 23.7 Å². The molecule has 4 rings (SSSR count). The van der Waals surface area contributed by atoms with Crippen molar-refractivity contribution in [1.29, 1.82) is 0 Å². The molecule has 124 valence electrons. The topological polar surface area (TPSA) is 23.6 Å². The van der Waals surface area contributed by atoms with E-state index in [1.54, 1.807) is 12.1 Å². The second-order valence-corrected chi connectivity index (χ2v) is 6.82. The first-order chi connectivity index (χ1) is 11.6. The molecule has 2 aromatic rings. The predicted molar refractivity (Wildman–Crippen MR) is 92.9 cm³/mol. The molecule has 3 nitrogen and oxygen atoms in total. The van der Waals surface area contributed by atoms with Crippen LogP contribution in [0.15, 0.2) is 48.5 Å². The van der Waals surface area contributed by atoms with E-state index < -0.39 is 0 Å². The summed E-state index contributed by atoms with van der Waals surface area (Å²) < 4.78 is 13.9. The predicted octanol–water partition coefficient (Wildman–Crippen LogP) is 3.66. The molecule has 0 bridgehead atoms. The quantitative estimate of drug-likeness (QED) is 0.799. The van der Waals surface area contributed by atoms with E-state index in [0.717, 1.165) is 37.2 Å². The number of fused-ring (bicyclic) bond motifs is 3. The van der Waals surface area contributed by atoms with Crippen molar-refractivity contribution in [3.63, 3.8) is 0 Å². The van der Waals surface area contributed by atoms with E-state index in [9.17, 15) is 9.18 Å². The Hall–Kier alpha value is -2.20. The Balaban J connectivity index is 1.80. The minimum atomic E-state index is -0.228. The van der Waals surface area contributed by atoms with Crippen LogP contribution in [0.25, 0.3) is 0 Å². The summed E-state index contributed by atoms with van der Waals surface area (Å²) in [5.74, 6) is -0.0372. The van der Waals surface area contributed by atoms with Crippen molar-refractivity contribution < 1.29 is 9.18 Å². The van der Waals surface area contributed by atoms with E-state index in [0.29, 0.717) is 5.56 Å². The molecule has 1 amide bonds. The van der Waals surface area contributed by atoms with Crippen molar-refractivity contribution in [2.24, 2.45) is 0 Å². The summed E-state index contributed by atoms with van der Waals surface area (Å²) >= 11 is 0. The van der Waals surface area contributed by atoms with Gasteiger partial charge in [0.1, 0.15) is 5.82 Å². The fourth-order valence-corrected chi connectivity index (χ4v) is 4.14. The summed E-state index contributed by atoms with van der Waals surface area (Å²) in [7, 11) is 2.10. The molecule has 2 atom stereocenters. The average Bonchev–Trinajstić information content (AvgIpc) is 2.74. The second kappa shape index (κ2) is 6.02. The molecule has 24 heavy (non-hydrogen) atoms. The summed E-state index contributed by atoms with van der Waals surface area (Å²) in [5, 5.41) is 0. The van der Waals surface area contributed by atoms with Crippen LogP contribution in [0, 0.1) is 5.82 Å². The molecule has 0 unspecified atom stereocenters. The van der Waals surface area contributed by atoms with Crippen LogP contribution < -0.4 is 4.90 Å². The SMILES string of the molecule is CN1CCC[C@@H]2[C@@H](C1)c1cc(F)ccc1N2C(=O)c1ccccc1. The number of carbonyl (C=O) groups is 1. The molecule has 2 heterocycles. The van der Waals surface area contributed by atoms with Crippen LogP contribution >= 0.6 is 0 Å². The number of rotatable bonds is 1. The third kappa shape index (κ3) is 2.51. The molecule has 0 spiro atoms. The highest BCUT2D eigenvalue weighted by atomic mass is 19.1. The van der Waals surface area contributed by atoms with E-state index in [4.69, 9.17) is 0 Å². The lowest BCUT2D eigenvalue weighted by atomic mass is 9.93. The van der Waals surface area contributed by atoms with Crippen molar-refractivity contribution >= 4 is 11.6 Å². The van der Waals surface area contributed by atoms with Gasteiger partial charge in [-0.1, -0.05) is 18.2 Å². The highest BCUT2D eigenvalue weighted by Gasteiger charge is 2.43. The van der Waals surface area contributed by atoms with E-state index in [1.807, 2.05) is 35.2 Å². The third-order valence-electron chi connectivity index (χ3n) is 5.23. The van der Waals surface area contributed by atoms with E-state index >= 15 is 0 Å². The highest BCUT2D eigenvalue weighted by molar-refractivity contribution is 6.08. The molecule has 0 aromatic heterocycles. The van der Waals surface area contributed by atoms with Crippen LogP contribution in [0.5, 0.6) is 0 Å². The number of benzene rings is 2. The van der Waals surface area contributed by atoms with Gasteiger partial charge in [-0.25, -0.2) is 4.39 Å². The van der Waals surface area contributed by atoms with Crippen molar-refractivity contribution in [3.8, 4) is 0 Å². The number of anilines is 1. The van der Waals surface area contributed by atoms with Gasteiger partial charge in [0, 0.05) is 29.8 Å². The Kier molecular flexibility index (Phi) is 3.85. The van der Waals surface area contributed by atoms with Gasteiger partial charge in [0.2, 0.25) is 0 Å². The van der Waals surface area contributed by atoms with Gasteiger partial charge in [-0.05, 0) is 62.3 Å². The van der Waals surface area contributed by atoms with Crippen molar-refractivity contribution in [1.82, 2.24) is 4.90 Å². The first kappa shape index (κ1) is 15.3. The summed E-state index contributed by atoms with van der Waals surface area (Å²) in [6, 6.07) is 14.3. The molecule has 1 fully saturated rings. The second-order valence-electron chi connectivity index (χ2n) is 6.82. The standard InChI is InChI=1S/C20H21FN2O/c1-22-11-5-8-18-17(13-22)16-12-15(21)9-10-19(16)23(18)20(24)14-6-3-2-4-7-14/h2-4,6-7,9-10,12,17-18H,5,8,11,13H2,1H3/t17-,18+/m0/s1. The summed E-state index contributed by atoms with van der Waals surface area (Å²) in [4.78, 5) is 17.4. The van der Waals surface area contributed by atoms with Crippen LogP contribution in [0.3, 0.4) is 0 Å². The monoisotopic (exact) mass is 324 g/mol. The number of halogens is 1. The van der Waals surface area contributed by atoms with E-state index in [2.05, 4.69) is 11.9 Å². The normalized spacial score (nSPS) is 23.5. The highest BCUT2D eigenvalue weighted by Crippen LogP contribution is 2.45. The van der Waals surface area contributed by atoms with Crippen molar-refractivity contribution in [2.75, 3.05) is 25.0 Å². The van der Waals surface area contributed by atoms with Crippen molar-refractivity contribution in [3.05, 3.63) is 65.5 Å². The average molecular weight is 324 g/mol. The van der Waals surface area contributed by atoms with Crippen LogP contribution in [0.2, 0.25) is 0 Å². The van der Waals surface area contributed by atoms with Crippen LogP contribution in [-0.4, -0.2) is 37.0 Å². The van der Waals surface area contributed by atoms with Crippen molar-refractivity contribution in [2.45, 2.75) is 24.8 Å². The molecule has 4 heteroatoms. The molecule has 0 N–H and O–H groups in total. The Labute approximate surface area is 141 Å². The lowest BCUT2D eigenvalue weighted by Gasteiger charge is -2.28. The minimum Gasteiger partial charge on any atom is -0.306 e. The smallest absolute Gasteiger partial charge is 0.258 e. The fourth-order valence-electron chi connectivity index (χ4n) is 4.14. The molecule has 0 saturated carbocycles. The molecule has 2 aliphatic rings. The van der Waals surface area contributed by atoms with Gasteiger partial charge in [-0.3, -0.25) is 4.79 Å². The molecule has 2 aromatic carbocycles. The maximum absolute atomic E-state index is 13.9. The van der Waals surface area contributed by atoms with E-state index in [1.165, 1.54) is 6.07 Å². The van der Waals surface area contributed by atoms with Gasteiger partial charge < -0.3 is 9.80 Å². The summed E-state index contributed by atoms with van der Waals surface area (Å²) in [6.07, 6.45) is 2.00. The number of amides is 1. The molecular weight excluding hydrogens is 303 g/mol. The first-order valence-corrected chi connectivity index (χ1v) is 8.52. The Morgan fingerprint density at radius 1 is 1.17 bits per heavy atom.